The highest BCUT2D eigenvalue weighted by Gasteiger charge is 2.65. The molecule has 1 aliphatic carbocycles. The number of aliphatic hydroxyl groups is 1. The average Bonchev–Trinajstić information content (AvgIpc) is 2.72. The quantitative estimate of drug-likeness (QED) is 0.711. The summed E-state index contributed by atoms with van der Waals surface area (Å²) in [7, 11) is 0. The standard InChI is InChI=1S/C11H20O2/c1-10(2)7-11(10,8-12)9-5-3-4-6-13-9/h9,12H,3-8H2,1-2H3. The molecule has 1 heterocycles. The number of aliphatic hydroxyl groups excluding tert-OH is 1. The lowest BCUT2D eigenvalue weighted by Crippen LogP contribution is -2.35. The van der Waals surface area contributed by atoms with Gasteiger partial charge in [-0.2, -0.15) is 0 Å². The number of hydrogen-bond acceptors (Lipinski definition) is 2. The molecule has 2 nitrogen and oxygen atoms in total. The number of ether oxygens (including phenoxy) is 1. The van der Waals surface area contributed by atoms with Crippen LogP contribution in [0.3, 0.4) is 0 Å². The molecule has 13 heavy (non-hydrogen) atoms. The molecule has 1 aliphatic heterocycles. The number of rotatable bonds is 2. The Morgan fingerprint density at radius 3 is 2.46 bits per heavy atom. The summed E-state index contributed by atoms with van der Waals surface area (Å²) in [6.45, 7) is 5.66. The minimum absolute atomic E-state index is 0.0907. The summed E-state index contributed by atoms with van der Waals surface area (Å²) in [5.74, 6) is 0. The van der Waals surface area contributed by atoms with E-state index in [1.165, 1.54) is 12.8 Å². The van der Waals surface area contributed by atoms with Gasteiger partial charge in [-0.1, -0.05) is 13.8 Å². The highest BCUT2D eigenvalue weighted by molar-refractivity contribution is 5.13. The van der Waals surface area contributed by atoms with Gasteiger partial charge in [0.2, 0.25) is 0 Å². The predicted octanol–water partition coefficient (Wildman–Crippen LogP) is 1.96. The van der Waals surface area contributed by atoms with Crippen LogP contribution in [-0.2, 0) is 4.74 Å². The molecule has 0 amide bonds. The van der Waals surface area contributed by atoms with Crippen LogP contribution >= 0.6 is 0 Å². The summed E-state index contributed by atoms with van der Waals surface area (Å²) in [6.07, 6.45) is 5.05. The Bertz CT molecular complexity index is 194. The minimum atomic E-state index is 0.0907. The van der Waals surface area contributed by atoms with E-state index in [-0.39, 0.29) is 5.41 Å². The number of hydrogen-bond donors (Lipinski definition) is 1. The fourth-order valence-corrected chi connectivity index (χ4v) is 2.84. The van der Waals surface area contributed by atoms with Crippen LogP contribution in [0.25, 0.3) is 0 Å². The molecule has 2 atom stereocenters. The molecule has 1 saturated heterocycles. The molecule has 1 N–H and O–H groups in total. The van der Waals surface area contributed by atoms with E-state index in [0.29, 0.717) is 18.1 Å². The molecule has 2 heteroatoms. The van der Waals surface area contributed by atoms with Gasteiger partial charge in [-0.25, -0.2) is 0 Å². The zero-order valence-corrected chi connectivity index (χ0v) is 8.68. The lowest BCUT2D eigenvalue weighted by Gasteiger charge is -2.32. The maximum absolute atomic E-state index is 9.46. The Labute approximate surface area is 80.3 Å². The summed E-state index contributed by atoms with van der Waals surface area (Å²) in [5.41, 5.74) is 0.386. The third kappa shape index (κ3) is 1.31. The second kappa shape index (κ2) is 2.96. The van der Waals surface area contributed by atoms with Crippen LogP contribution in [0.4, 0.5) is 0 Å². The Kier molecular flexibility index (Phi) is 2.16. The van der Waals surface area contributed by atoms with Gasteiger partial charge >= 0.3 is 0 Å². The SMILES string of the molecule is CC1(C)CC1(CO)C1CCCCO1. The molecule has 0 radical (unpaired) electrons. The molecular formula is C11H20O2. The van der Waals surface area contributed by atoms with E-state index in [4.69, 9.17) is 4.74 Å². The van der Waals surface area contributed by atoms with Crippen molar-refractivity contribution >= 4 is 0 Å². The molecule has 0 spiro atoms. The Balaban J connectivity index is 2.05. The molecular weight excluding hydrogens is 164 g/mol. The third-order valence-corrected chi connectivity index (χ3v) is 4.06. The fraction of sp³-hybridized carbons (Fsp3) is 1.00. The lowest BCUT2D eigenvalue weighted by molar-refractivity contribution is -0.0590. The van der Waals surface area contributed by atoms with E-state index in [9.17, 15) is 5.11 Å². The second-order valence-corrected chi connectivity index (χ2v) is 5.23. The first-order valence-corrected chi connectivity index (χ1v) is 5.35. The largest absolute Gasteiger partial charge is 0.396 e. The highest BCUT2D eigenvalue weighted by atomic mass is 16.5. The molecule has 2 rings (SSSR count). The van der Waals surface area contributed by atoms with Gasteiger partial charge in [0.1, 0.15) is 0 Å². The van der Waals surface area contributed by atoms with Crippen molar-refractivity contribution in [3.05, 3.63) is 0 Å². The van der Waals surface area contributed by atoms with Crippen molar-refractivity contribution in [2.75, 3.05) is 13.2 Å². The van der Waals surface area contributed by atoms with Gasteiger partial charge in [-0.15, -0.1) is 0 Å². The first-order chi connectivity index (χ1) is 6.12. The van der Waals surface area contributed by atoms with Crippen molar-refractivity contribution in [2.45, 2.75) is 45.6 Å². The second-order valence-electron chi connectivity index (χ2n) is 5.23. The molecule has 76 valence electrons. The fourth-order valence-electron chi connectivity index (χ4n) is 2.84. The Morgan fingerprint density at radius 1 is 1.38 bits per heavy atom. The van der Waals surface area contributed by atoms with Crippen LogP contribution in [0, 0.1) is 10.8 Å². The van der Waals surface area contributed by atoms with Crippen LogP contribution in [0.5, 0.6) is 0 Å². The van der Waals surface area contributed by atoms with Crippen LogP contribution in [0.15, 0.2) is 0 Å². The molecule has 2 unspecified atom stereocenters. The van der Waals surface area contributed by atoms with Crippen molar-refractivity contribution in [3.8, 4) is 0 Å². The lowest BCUT2D eigenvalue weighted by atomic mass is 9.86. The van der Waals surface area contributed by atoms with Gasteiger partial charge < -0.3 is 9.84 Å². The van der Waals surface area contributed by atoms with Gasteiger partial charge in [0.15, 0.2) is 0 Å². The van der Waals surface area contributed by atoms with Crippen LogP contribution < -0.4 is 0 Å². The van der Waals surface area contributed by atoms with E-state index in [2.05, 4.69) is 13.8 Å². The van der Waals surface area contributed by atoms with Gasteiger partial charge in [0, 0.05) is 12.0 Å². The molecule has 0 aromatic carbocycles. The van der Waals surface area contributed by atoms with Crippen molar-refractivity contribution < 1.29 is 9.84 Å². The van der Waals surface area contributed by atoms with Gasteiger partial charge in [0.05, 0.1) is 12.7 Å². The topological polar surface area (TPSA) is 29.5 Å². The summed E-state index contributed by atoms with van der Waals surface area (Å²) < 4.78 is 5.77. The minimum Gasteiger partial charge on any atom is -0.396 e. The van der Waals surface area contributed by atoms with Gasteiger partial charge in [-0.3, -0.25) is 0 Å². The monoisotopic (exact) mass is 184 g/mol. The van der Waals surface area contributed by atoms with E-state index in [0.717, 1.165) is 19.4 Å². The first kappa shape index (κ1) is 9.47. The van der Waals surface area contributed by atoms with Gasteiger partial charge in [0.25, 0.3) is 0 Å². The summed E-state index contributed by atoms with van der Waals surface area (Å²) in [6, 6.07) is 0. The van der Waals surface area contributed by atoms with E-state index < -0.39 is 0 Å². The Hall–Kier alpha value is -0.0800. The van der Waals surface area contributed by atoms with E-state index in [1.54, 1.807) is 0 Å². The predicted molar refractivity (Wildman–Crippen MR) is 51.5 cm³/mol. The van der Waals surface area contributed by atoms with Crippen LogP contribution in [0.2, 0.25) is 0 Å². The molecule has 0 aromatic heterocycles. The van der Waals surface area contributed by atoms with Crippen molar-refractivity contribution in [2.24, 2.45) is 10.8 Å². The molecule has 0 bridgehead atoms. The highest BCUT2D eigenvalue weighted by Crippen LogP contribution is 2.66. The normalized spacial score (nSPS) is 43.2. The van der Waals surface area contributed by atoms with Gasteiger partial charge in [-0.05, 0) is 31.1 Å². The van der Waals surface area contributed by atoms with E-state index >= 15 is 0 Å². The smallest absolute Gasteiger partial charge is 0.0658 e. The molecule has 0 aromatic rings. The molecule has 1 saturated carbocycles. The molecule has 2 aliphatic rings. The van der Waals surface area contributed by atoms with Crippen molar-refractivity contribution in [1.82, 2.24) is 0 Å². The maximum atomic E-state index is 9.46. The summed E-state index contributed by atoms with van der Waals surface area (Å²) in [4.78, 5) is 0. The zero-order chi connectivity index (χ0) is 9.53. The molecule has 2 fully saturated rings. The van der Waals surface area contributed by atoms with Crippen LogP contribution in [-0.4, -0.2) is 24.4 Å². The Morgan fingerprint density at radius 2 is 2.08 bits per heavy atom. The average molecular weight is 184 g/mol. The zero-order valence-electron chi connectivity index (χ0n) is 8.68. The maximum Gasteiger partial charge on any atom is 0.0658 e. The van der Waals surface area contributed by atoms with Crippen LogP contribution in [0.1, 0.15) is 39.5 Å². The summed E-state index contributed by atoms with van der Waals surface area (Å²) in [5, 5.41) is 9.46. The van der Waals surface area contributed by atoms with Crippen molar-refractivity contribution in [3.63, 3.8) is 0 Å². The van der Waals surface area contributed by atoms with Crippen molar-refractivity contribution in [1.29, 1.82) is 0 Å². The van der Waals surface area contributed by atoms with E-state index in [1.807, 2.05) is 0 Å². The first-order valence-electron chi connectivity index (χ1n) is 5.35. The third-order valence-electron chi connectivity index (χ3n) is 4.06. The summed E-state index contributed by atoms with van der Waals surface area (Å²) >= 11 is 0.